The average molecular weight is 713 g/mol. The molecular weight excluding hydrogens is 660 g/mol. The van der Waals surface area contributed by atoms with Gasteiger partial charge < -0.3 is 28.4 Å². The van der Waals surface area contributed by atoms with Gasteiger partial charge in [-0.25, -0.2) is 14.4 Å². The summed E-state index contributed by atoms with van der Waals surface area (Å²) in [6.07, 6.45) is 11.1. The van der Waals surface area contributed by atoms with Crippen molar-refractivity contribution in [2.75, 3.05) is 33.0 Å². The average Bonchev–Trinajstić information content (AvgIpc) is 3.16. The molecule has 0 amide bonds. The second kappa shape index (κ2) is 24.8. The summed E-state index contributed by atoms with van der Waals surface area (Å²) in [5.41, 5.74) is 1.53. The van der Waals surface area contributed by atoms with Crippen LogP contribution in [0.15, 0.2) is 79.4 Å². The fraction of sp³-hybridized carbons (Fsp3) is 0.419. The molecule has 9 heteroatoms. The molecule has 278 valence electrons. The van der Waals surface area contributed by atoms with Gasteiger partial charge in [0.2, 0.25) is 0 Å². The van der Waals surface area contributed by atoms with E-state index in [1.165, 1.54) is 6.07 Å². The standard InChI is InChI=1S/C43H52O9/c1-4-7-12-32-51-43(46)39-33-38(26-27-40(39)49-30-15-10-8-13-28-47-36-22-18-34(17-5-2)19-23-36)52-42(45)35-20-24-37(25-21-35)48-29-14-9-11-16-31-50-41(44)6-3/h6,18-27,33H,3-4,7-16,28-32H2,1-2H3. The quantitative estimate of drug-likeness (QED) is 0.0279. The fourth-order valence-corrected chi connectivity index (χ4v) is 4.99. The number of hydrogen-bond acceptors (Lipinski definition) is 9. The normalized spacial score (nSPS) is 10.3. The topological polar surface area (TPSA) is 107 Å². The van der Waals surface area contributed by atoms with E-state index in [2.05, 4.69) is 25.3 Å². The molecule has 3 aromatic rings. The molecule has 0 bridgehead atoms. The van der Waals surface area contributed by atoms with Crippen molar-refractivity contribution < 1.29 is 42.8 Å². The number of hydrogen-bond donors (Lipinski definition) is 0. The van der Waals surface area contributed by atoms with E-state index < -0.39 is 17.9 Å². The van der Waals surface area contributed by atoms with Crippen LogP contribution in [-0.2, 0) is 14.3 Å². The summed E-state index contributed by atoms with van der Waals surface area (Å²) >= 11 is 0. The van der Waals surface area contributed by atoms with Gasteiger partial charge in [-0.3, -0.25) is 0 Å². The highest BCUT2D eigenvalue weighted by Gasteiger charge is 2.18. The van der Waals surface area contributed by atoms with E-state index in [0.29, 0.717) is 50.1 Å². The molecule has 0 atom stereocenters. The van der Waals surface area contributed by atoms with E-state index in [0.717, 1.165) is 88.0 Å². The van der Waals surface area contributed by atoms with Crippen LogP contribution >= 0.6 is 0 Å². The van der Waals surface area contributed by atoms with E-state index in [-0.39, 0.29) is 11.3 Å². The van der Waals surface area contributed by atoms with Crippen molar-refractivity contribution in [2.24, 2.45) is 0 Å². The first kappa shape index (κ1) is 41.2. The SMILES string of the molecule is C=CC(=O)OCCCCCCOc1ccc(C(=O)Oc2ccc(OCCCCCCOc3ccc(C#CC)cc3)c(C(=O)OCCCCC)c2)cc1. The van der Waals surface area contributed by atoms with E-state index in [9.17, 15) is 14.4 Å². The lowest BCUT2D eigenvalue weighted by atomic mass is 10.1. The number of benzene rings is 3. The van der Waals surface area contributed by atoms with Crippen LogP contribution < -0.4 is 18.9 Å². The summed E-state index contributed by atoms with van der Waals surface area (Å²) in [7, 11) is 0. The highest BCUT2D eigenvalue weighted by molar-refractivity contribution is 5.94. The number of esters is 3. The molecule has 0 saturated heterocycles. The summed E-state index contributed by atoms with van der Waals surface area (Å²) in [6, 6.07) is 19.2. The minimum atomic E-state index is -0.563. The monoisotopic (exact) mass is 712 g/mol. The predicted octanol–water partition coefficient (Wildman–Crippen LogP) is 9.31. The first-order chi connectivity index (χ1) is 25.4. The van der Waals surface area contributed by atoms with Crippen molar-refractivity contribution in [1.82, 2.24) is 0 Å². The van der Waals surface area contributed by atoms with Crippen LogP contribution in [0.2, 0.25) is 0 Å². The second-order valence-electron chi connectivity index (χ2n) is 12.1. The molecule has 52 heavy (non-hydrogen) atoms. The molecular formula is C43H52O9. The van der Waals surface area contributed by atoms with Gasteiger partial charge in [0.1, 0.15) is 28.6 Å². The number of unbranched alkanes of at least 4 members (excludes halogenated alkanes) is 8. The Morgan fingerprint density at radius 1 is 0.615 bits per heavy atom. The van der Waals surface area contributed by atoms with Gasteiger partial charge in [-0.1, -0.05) is 32.3 Å². The Hall–Kier alpha value is -5.23. The molecule has 0 aliphatic rings. The van der Waals surface area contributed by atoms with Crippen LogP contribution in [0.4, 0.5) is 0 Å². The number of carbonyl (C=O) groups is 3. The Labute approximate surface area is 308 Å². The number of carbonyl (C=O) groups excluding carboxylic acids is 3. The maximum atomic E-state index is 13.1. The highest BCUT2D eigenvalue weighted by atomic mass is 16.5. The Morgan fingerprint density at radius 3 is 1.75 bits per heavy atom. The zero-order chi connectivity index (χ0) is 37.2. The maximum Gasteiger partial charge on any atom is 0.343 e. The minimum absolute atomic E-state index is 0.213. The van der Waals surface area contributed by atoms with Crippen LogP contribution in [0.25, 0.3) is 0 Å². The first-order valence-electron chi connectivity index (χ1n) is 18.3. The molecule has 9 nitrogen and oxygen atoms in total. The molecule has 0 aromatic heterocycles. The van der Waals surface area contributed by atoms with Gasteiger partial charge in [0.25, 0.3) is 0 Å². The van der Waals surface area contributed by atoms with Crippen molar-refractivity contribution in [3.8, 4) is 34.8 Å². The van der Waals surface area contributed by atoms with Crippen LogP contribution in [0.1, 0.15) is 111 Å². The van der Waals surface area contributed by atoms with Crippen molar-refractivity contribution in [1.29, 1.82) is 0 Å². The van der Waals surface area contributed by atoms with E-state index in [1.54, 1.807) is 36.4 Å². The molecule has 0 heterocycles. The smallest absolute Gasteiger partial charge is 0.343 e. The van der Waals surface area contributed by atoms with Gasteiger partial charge in [-0.15, -0.1) is 5.92 Å². The lowest BCUT2D eigenvalue weighted by molar-refractivity contribution is -0.137. The van der Waals surface area contributed by atoms with Crippen molar-refractivity contribution >= 4 is 17.9 Å². The van der Waals surface area contributed by atoms with Crippen molar-refractivity contribution in [3.05, 3.63) is 96.1 Å². The van der Waals surface area contributed by atoms with Gasteiger partial charge >= 0.3 is 17.9 Å². The molecule has 3 rings (SSSR count). The molecule has 0 spiro atoms. The molecule has 0 N–H and O–H groups in total. The third-order valence-electron chi connectivity index (χ3n) is 7.86. The van der Waals surface area contributed by atoms with Crippen LogP contribution in [0.3, 0.4) is 0 Å². The third-order valence-corrected chi connectivity index (χ3v) is 7.86. The Balaban J connectivity index is 1.44. The summed E-state index contributed by atoms with van der Waals surface area (Å²) in [5, 5.41) is 0. The van der Waals surface area contributed by atoms with Crippen LogP contribution in [0.5, 0.6) is 23.0 Å². The summed E-state index contributed by atoms with van der Waals surface area (Å²) in [5.74, 6) is 6.49. The van der Waals surface area contributed by atoms with Crippen LogP contribution in [0, 0.1) is 11.8 Å². The fourth-order valence-electron chi connectivity index (χ4n) is 4.99. The second-order valence-corrected chi connectivity index (χ2v) is 12.1. The third kappa shape index (κ3) is 16.2. The molecule has 0 saturated carbocycles. The largest absolute Gasteiger partial charge is 0.494 e. The molecule has 3 aromatic carbocycles. The van der Waals surface area contributed by atoms with Crippen molar-refractivity contribution in [2.45, 2.75) is 84.5 Å². The van der Waals surface area contributed by atoms with Gasteiger partial charge in [0, 0.05) is 11.6 Å². The molecule has 0 unspecified atom stereocenters. The summed E-state index contributed by atoms with van der Waals surface area (Å²) in [6.45, 7) is 9.55. The maximum absolute atomic E-state index is 13.1. The van der Waals surface area contributed by atoms with Crippen molar-refractivity contribution in [3.63, 3.8) is 0 Å². The summed E-state index contributed by atoms with van der Waals surface area (Å²) < 4.78 is 33.7. The Kier molecular flexibility index (Phi) is 19.7. The number of ether oxygens (including phenoxy) is 6. The zero-order valence-electron chi connectivity index (χ0n) is 30.6. The van der Waals surface area contributed by atoms with E-state index in [1.807, 2.05) is 31.2 Å². The summed E-state index contributed by atoms with van der Waals surface area (Å²) in [4.78, 5) is 37.1. The molecule has 0 fully saturated rings. The Bertz CT molecular complexity index is 1580. The van der Waals surface area contributed by atoms with Crippen LogP contribution in [-0.4, -0.2) is 50.9 Å². The van der Waals surface area contributed by atoms with Gasteiger partial charge in [-0.05, 0) is 131 Å². The van der Waals surface area contributed by atoms with E-state index in [4.69, 9.17) is 28.4 Å². The molecule has 0 radical (unpaired) electrons. The Morgan fingerprint density at radius 2 is 1.15 bits per heavy atom. The molecule has 0 aliphatic carbocycles. The lowest BCUT2D eigenvalue weighted by Crippen LogP contribution is -2.12. The van der Waals surface area contributed by atoms with Gasteiger partial charge in [-0.2, -0.15) is 0 Å². The van der Waals surface area contributed by atoms with Gasteiger partial charge in [0.05, 0.1) is 38.6 Å². The molecule has 0 aliphatic heterocycles. The minimum Gasteiger partial charge on any atom is -0.494 e. The first-order valence-corrected chi connectivity index (χ1v) is 18.3. The van der Waals surface area contributed by atoms with E-state index >= 15 is 0 Å². The predicted molar refractivity (Wildman–Crippen MR) is 201 cm³/mol. The zero-order valence-corrected chi connectivity index (χ0v) is 30.6. The lowest BCUT2D eigenvalue weighted by Gasteiger charge is -2.13. The van der Waals surface area contributed by atoms with Gasteiger partial charge in [0.15, 0.2) is 0 Å². The highest BCUT2D eigenvalue weighted by Crippen LogP contribution is 2.27. The number of rotatable bonds is 25.